The van der Waals surface area contributed by atoms with E-state index in [0.717, 1.165) is 23.1 Å². The normalized spacial score (nSPS) is 12.6. The first-order valence-corrected chi connectivity index (χ1v) is 7.52. The zero-order valence-electron chi connectivity index (χ0n) is 11.0. The Morgan fingerprint density at radius 1 is 1.47 bits per heavy atom. The largest absolute Gasteiger partial charge is 0.310 e. The first-order chi connectivity index (χ1) is 9.11. The lowest BCUT2D eigenvalue weighted by molar-refractivity contribution is 0.569. The summed E-state index contributed by atoms with van der Waals surface area (Å²) in [5, 5.41) is 8.32. The molecule has 19 heavy (non-hydrogen) atoms. The molecule has 0 aliphatic heterocycles. The third-order valence-corrected chi connectivity index (χ3v) is 3.85. The summed E-state index contributed by atoms with van der Waals surface area (Å²) < 4.78 is 2.84. The Bertz CT molecular complexity index is 553. The number of nitrogens with one attached hydrogen (secondary N) is 1. The lowest BCUT2D eigenvalue weighted by Gasteiger charge is -2.16. The standard InChI is InChI=1S/C14H17BrClN3/c1-3-6-17-10(2)13-5-4-12(7-14(13)15)19-9-11(16)8-18-19/h4-5,7-10,17H,3,6H2,1-2H3. The number of benzene rings is 1. The molecule has 2 aromatic rings. The van der Waals surface area contributed by atoms with E-state index in [-0.39, 0.29) is 0 Å². The van der Waals surface area contributed by atoms with Crippen molar-refractivity contribution in [1.82, 2.24) is 15.1 Å². The molecule has 0 bridgehead atoms. The molecule has 0 saturated heterocycles. The van der Waals surface area contributed by atoms with E-state index in [1.165, 1.54) is 5.56 Å². The van der Waals surface area contributed by atoms with Crippen molar-refractivity contribution < 1.29 is 0 Å². The number of aromatic nitrogens is 2. The van der Waals surface area contributed by atoms with E-state index in [4.69, 9.17) is 11.6 Å². The minimum atomic E-state index is 0.324. The van der Waals surface area contributed by atoms with Gasteiger partial charge in [-0.25, -0.2) is 4.68 Å². The van der Waals surface area contributed by atoms with Crippen LogP contribution in [0.4, 0.5) is 0 Å². The monoisotopic (exact) mass is 341 g/mol. The van der Waals surface area contributed by atoms with E-state index < -0.39 is 0 Å². The molecule has 1 unspecified atom stereocenters. The molecule has 0 amide bonds. The lowest BCUT2D eigenvalue weighted by Crippen LogP contribution is -2.19. The molecule has 0 aliphatic rings. The molecule has 1 aromatic carbocycles. The van der Waals surface area contributed by atoms with Crippen molar-refractivity contribution >= 4 is 27.5 Å². The molecule has 1 atom stereocenters. The Kier molecular flexibility index (Phi) is 5.02. The molecule has 5 heteroatoms. The van der Waals surface area contributed by atoms with Gasteiger partial charge in [0.15, 0.2) is 0 Å². The van der Waals surface area contributed by atoms with Crippen LogP contribution in [0.25, 0.3) is 5.69 Å². The van der Waals surface area contributed by atoms with Gasteiger partial charge in [-0.15, -0.1) is 0 Å². The Labute approximate surface area is 127 Å². The zero-order chi connectivity index (χ0) is 13.8. The minimum Gasteiger partial charge on any atom is -0.310 e. The first-order valence-electron chi connectivity index (χ1n) is 6.35. The molecular weight excluding hydrogens is 326 g/mol. The summed E-state index contributed by atoms with van der Waals surface area (Å²) in [7, 11) is 0. The van der Waals surface area contributed by atoms with Gasteiger partial charge in [0.2, 0.25) is 0 Å². The van der Waals surface area contributed by atoms with Gasteiger partial charge < -0.3 is 5.32 Å². The topological polar surface area (TPSA) is 29.9 Å². The van der Waals surface area contributed by atoms with Gasteiger partial charge in [0.25, 0.3) is 0 Å². The van der Waals surface area contributed by atoms with Crippen molar-refractivity contribution in [2.75, 3.05) is 6.54 Å². The minimum absolute atomic E-state index is 0.324. The summed E-state index contributed by atoms with van der Waals surface area (Å²) >= 11 is 9.51. The average molecular weight is 343 g/mol. The second-order valence-corrected chi connectivity index (χ2v) is 5.78. The Morgan fingerprint density at radius 2 is 2.26 bits per heavy atom. The van der Waals surface area contributed by atoms with Crippen LogP contribution >= 0.6 is 27.5 Å². The van der Waals surface area contributed by atoms with Crippen LogP contribution in [-0.4, -0.2) is 16.3 Å². The Balaban J connectivity index is 2.21. The maximum Gasteiger partial charge on any atom is 0.0790 e. The van der Waals surface area contributed by atoms with Crippen LogP contribution in [0.15, 0.2) is 35.1 Å². The Morgan fingerprint density at radius 3 is 2.84 bits per heavy atom. The van der Waals surface area contributed by atoms with E-state index in [1.807, 2.05) is 6.07 Å². The van der Waals surface area contributed by atoms with Gasteiger partial charge in [0, 0.05) is 16.7 Å². The number of nitrogens with zero attached hydrogens (tertiary/aromatic N) is 2. The van der Waals surface area contributed by atoms with Crippen molar-refractivity contribution in [3.8, 4) is 5.69 Å². The van der Waals surface area contributed by atoms with Crippen LogP contribution < -0.4 is 5.32 Å². The molecule has 2 rings (SSSR count). The van der Waals surface area contributed by atoms with E-state index >= 15 is 0 Å². The van der Waals surface area contributed by atoms with E-state index in [2.05, 4.69) is 52.3 Å². The highest BCUT2D eigenvalue weighted by molar-refractivity contribution is 9.10. The lowest BCUT2D eigenvalue weighted by atomic mass is 10.1. The quantitative estimate of drug-likeness (QED) is 0.875. The summed E-state index contributed by atoms with van der Waals surface area (Å²) in [6, 6.07) is 6.54. The SMILES string of the molecule is CCCNC(C)c1ccc(-n2cc(Cl)cn2)cc1Br. The maximum atomic E-state index is 5.88. The maximum absolute atomic E-state index is 5.88. The number of halogens is 2. The molecule has 0 saturated carbocycles. The second kappa shape index (κ2) is 6.55. The van der Waals surface area contributed by atoms with Gasteiger partial charge in [-0.05, 0) is 37.6 Å². The molecule has 0 aliphatic carbocycles. The summed E-state index contributed by atoms with van der Waals surface area (Å²) in [6.45, 7) is 5.35. The van der Waals surface area contributed by atoms with Crippen LogP contribution in [0.3, 0.4) is 0 Å². The van der Waals surface area contributed by atoms with Gasteiger partial charge in [0.05, 0.1) is 16.9 Å². The zero-order valence-corrected chi connectivity index (χ0v) is 13.4. The summed E-state index contributed by atoms with van der Waals surface area (Å²) in [6.07, 6.45) is 4.56. The smallest absolute Gasteiger partial charge is 0.0790 e. The van der Waals surface area contributed by atoms with Crippen molar-refractivity contribution in [2.24, 2.45) is 0 Å². The highest BCUT2D eigenvalue weighted by atomic mass is 79.9. The molecule has 1 N–H and O–H groups in total. The third-order valence-electron chi connectivity index (χ3n) is 2.97. The summed E-state index contributed by atoms with van der Waals surface area (Å²) in [5.41, 5.74) is 2.24. The molecular formula is C14H17BrClN3. The molecule has 1 aromatic heterocycles. The van der Waals surface area contributed by atoms with E-state index in [0.29, 0.717) is 11.1 Å². The van der Waals surface area contributed by atoms with Crippen molar-refractivity contribution in [3.63, 3.8) is 0 Å². The predicted molar refractivity (Wildman–Crippen MR) is 83.0 cm³/mol. The molecule has 102 valence electrons. The molecule has 0 spiro atoms. The van der Waals surface area contributed by atoms with Crippen LogP contribution in [0.2, 0.25) is 5.02 Å². The molecule has 0 fully saturated rings. The highest BCUT2D eigenvalue weighted by Crippen LogP contribution is 2.26. The van der Waals surface area contributed by atoms with E-state index in [9.17, 15) is 0 Å². The fraction of sp³-hybridized carbons (Fsp3) is 0.357. The predicted octanol–water partition coefficient (Wildman–Crippen LogP) is 4.35. The van der Waals surface area contributed by atoms with Crippen LogP contribution in [-0.2, 0) is 0 Å². The van der Waals surface area contributed by atoms with E-state index in [1.54, 1.807) is 17.1 Å². The van der Waals surface area contributed by atoms with Crippen LogP contribution in [0.1, 0.15) is 31.9 Å². The van der Waals surface area contributed by atoms with Gasteiger partial charge in [-0.1, -0.05) is 40.5 Å². The number of rotatable bonds is 5. The van der Waals surface area contributed by atoms with Gasteiger partial charge in [0.1, 0.15) is 0 Å². The molecule has 3 nitrogen and oxygen atoms in total. The summed E-state index contributed by atoms with van der Waals surface area (Å²) in [5.74, 6) is 0. The van der Waals surface area contributed by atoms with Crippen molar-refractivity contribution in [1.29, 1.82) is 0 Å². The van der Waals surface area contributed by atoms with Crippen molar-refractivity contribution in [3.05, 3.63) is 45.7 Å². The fourth-order valence-corrected chi connectivity index (χ4v) is 2.77. The van der Waals surface area contributed by atoms with Gasteiger partial charge in [-0.3, -0.25) is 0 Å². The number of hydrogen-bond acceptors (Lipinski definition) is 2. The first kappa shape index (κ1) is 14.6. The third kappa shape index (κ3) is 3.59. The average Bonchev–Trinajstić information content (AvgIpc) is 2.82. The van der Waals surface area contributed by atoms with Gasteiger partial charge >= 0.3 is 0 Å². The molecule has 1 heterocycles. The fourth-order valence-electron chi connectivity index (χ4n) is 1.92. The molecule has 0 radical (unpaired) electrons. The van der Waals surface area contributed by atoms with Crippen LogP contribution in [0.5, 0.6) is 0 Å². The summed E-state index contributed by atoms with van der Waals surface area (Å²) in [4.78, 5) is 0. The highest BCUT2D eigenvalue weighted by Gasteiger charge is 2.10. The van der Waals surface area contributed by atoms with Crippen LogP contribution in [0, 0.1) is 0 Å². The number of hydrogen-bond donors (Lipinski definition) is 1. The van der Waals surface area contributed by atoms with Gasteiger partial charge in [-0.2, -0.15) is 5.10 Å². The second-order valence-electron chi connectivity index (χ2n) is 4.48. The Hall–Kier alpha value is -0.840. The van der Waals surface area contributed by atoms with Crippen molar-refractivity contribution in [2.45, 2.75) is 26.3 Å².